The van der Waals surface area contributed by atoms with Crippen LogP contribution in [0.3, 0.4) is 0 Å². The summed E-state index contributed by atoms with van der Waals surface area (Å²) in [6.07, 6.45) is 10.8. The Hall–Kier alpha value is -3.45. The molecule has 192 valence electrons. The maximum absolute atomic E-state index is 12.9. The number of nitrogens with zero attached hydrogens (tertiary/aromatic N) is 4. The van der Waals surface area contributed by atoms with Crippen molar-refractivity contribution in [3.8, 4) is 22.5 Å². The van der Waals surface area contributed by atoms with Gasteiger partial charge in [0.1, 0.15) is 11.5 Å². The molecule has 3 aromatic rings. The predicted molar refractivity (Wildman–Crippen MR) is 143 cm³/mol. The zero-order valence-corrected chi connectivity index (χ0v) is 21.2. The second-order valence-corrected chi connectivity index (χ2v) is 10.5. The third-order valence-corrected chi connectivity index (χ3v) is 8.23. The summed E-state index contributed by atoms with van der Waals surface area (Å²) >= 11 is 0. The van der Waals surface area contributed by atoms with Gasteiger partial charge in [0.05, 0.1) is 12.3 Å². The molecule has 1 N–H and O–H groups in total. The van der Waals surface area contributed by atoms with E-state index in [1.165, 1.54) is 24.8 Å². The third kappa shape index (κ3) is 4.92. The van der Waals surface area contributed by atoms with Gasteiger partial charge in [0, 0.05) is 48.1 Å². The number of carbonyl (C=O) groups is 1. The summed E-state index contributed by atoms with van der Waals surface area (Å²) in [5, 5.41) is 12.8. The van der Waals surface area contributed by atoms with Crippen molar-refractivity contribution in [1.29, 1.82) is 0 Å². The number of hydrogen-bond donors (Lipinski definition) is 1. The van der Waals surface area contributed by atoms with Gasteiger partial charge in [-0.05, 0) is 87.0 Å². The van der Waals surface area contributed by atoms with Crippen molar-refractivity contribution in [2.45, 2.75) is 50.9 Å². The molecule has 0 radical (unpaired) electrons. The van der Waals surface area contributed by atoms with Crippen molar-refractivity contribution >= 4 is 11.6 Å². The number of hydrogen-bond acceptors (Lipinski definition) is 6. The van der Waals surface area contributed by atoms with Crippen molar-refractivity contribution < 1.29 is 14.4 Å². The van der Waals surface area contributed by atoms with E-state index in [4.69, 9.17) is 4.42 Å². The summed E-state index contributed by atoms with van der Waals surface area (Å²) in [5.41, 5.74) is 6.12. The van der Waals surface area contributed by atoms with Crippen molar-refractivity contribution in [2.75, 3.05) is 32.7 Å². The Morgan fingerprint density at radius 3 is 2.49 bits per heavy atom. The van der Waals surface area contributed by atoms with Crippen LogP contribution in [0.15, 0.2) is 58.4 Å². The van der Waals surface area contributed by atoms with Crippen LogP contribution in [-0.2, 0) is 11.2 Å². The van der Waals surface area contributed by atoms with E-state index in [0.29, 0.717) is 6.54 Å². The van der Waals surface area contributed by atoms with E-state index >= 15 is 0 Å². The topological polar surface area (TPSA) is 82.2 Å². The van der Waals surface area contributed by atoms with Gasteiger partial charge >= 0.3 is 0 Å². The number of carbonyl (C=O) groups excluding carboxylic acids is 1. The Morgan fingerprint density at radius 1 is 0.946 bits per heavy atom. The molecule has 0 unspecified atom stereocenters. The summed E-state index contributed by atoms with van der Waals surface area (Å²) < 4.78 is 6.61. The largest absolute Gasteiger partial charge is 0.460 e. The van der Waals surface area contributed by atoms with Gasteiger partial charge < -0.3 is 14.5 Å². The maximum Gasteiger partial charge on any atom is 0.236 e. The standard InChI is InChI=1S/C30H34N4O3/c35-29(20-33-14-2-1-3-15-33)34-16-10-22(11-17-34)28-19-26(21-8-12-31-13-9-21)30(37-28)24-4-6-25-23(18-24)5-7-27(25)32-36/h4,6,8-9,12-13,18-19,22,36H,1-3,5,7,10-11,14-17,20H2/b32-27+. The number of likely N-dealkylation sites (tertiary alicyclic amines) is 2. The number of oxime groups is 1. The van der Waals surface area contributed by atoms with E-state index in [2.05, 4.69) is 33.2 Å². The number of aromatic nitrogens is 1. The fourth-order valence-electron chi connectivity index (χ4n) is 6.11. The van der Waals surface area contributed by atoms with Crippen LogP contribution in [0.5, 0.6) is 0 Å². The number of furan rings is 1. The van der Waals surface area contributed by atoms with Crippen LogP contribution < -0.4 is 0 Å². The van der Waals surface area contributed by atoms with Gasteiger partial charge in [-0.15, -0.1) is 0 Å². The summed E-state index contributed by atoms with van der Waals surface area (Å²) in [6, 6.07) is 12.5. The lowest BCUT2D eigenvalue weighted by Crippen LogP contribution is -2.45. The monoisotopic (exact) mass is 498 g/mol. The first-order valence-electron chi connectivity index (χ1n) is 13.6. The van der Waals surface area contributed by atoms with Crippen LogP contribution in [0.4, 0.5) is 0 Å². The van der Waals surface area contributed by atoms with Gasteiger partial charge in [0.25, 0.3) is 0 Å². The average molecular weight is 499 g/mol. The number of piperidine rings is 2. The van der Waals surface area contributed by atoms with E-state index in [1.807, 2.05) is 35.5 Å². The molecule has 6 rings (SSSR count). The lowest BCUT2D eigenvalue weighted by Gasteiger charge is -2.34. The van der Waals surface area contributed by atoms with Crippen LogP contribution >= 0.6 is 0 Å². The van der Waals surface area contributed by atoms with E-state index in [9.17, 15) is 10.0 Å². The molecule has 2 fully saturated rings. The van der Waals surface area contributed by atoms with E-state index in [1.54, 1.807) is 0 Å². The fourth-order valence-corrected chi connectivity index (χ4v) is 6.11. The van der Waals surface area contributed by atoms with Crippen molar-refractivity contribution in [2.24, 2.45) is 5.16 Å². The number of amides is 1. The lowest BCUT2D eigenvalue weighted by molar-refractivity contribution is -0.133. The Balaban J connectivity index is 1.22. The highest BCUT2D eigenvalue weighted by Gasteiger charge is 2.29. The molecule has 2 aliphatic heterocycles. The van der Waals surface area contributed by atoms with Crippen molar-refractivity contribution in [1.82, 2.24) is 14.8 Å². The second kappa shape index (κ2) is 10.5. The Morgan fingerprint density at radius 2 is 1.73 bits per heavy atom. The molecule has 1 aliphatic carbocycles. The van der Waals surface area contributed by atoms with Crippen LogP contribution in [0.1, 0.15) is 61.3 Å². The molecule has 0 atom stereocenters. The Bertz CT molecular complexity index is 1290. The molecule has 37 heavy (non-hydrogen) atoms. The smallest absolute Gasteiger partial charge is 0.236 e. The van der Waals surface area contributed by atoms with E-state index in [-0.39, 0.29) is 11.8 Å². The predicted octanol–water partition coefficient (Wildman–Crippen LogP) is 5.33. The first-order chi connectivity index (χ1) is 18.2. The highest BCUT2D eigenvalue weighted by molar-refractivity contribution is 6.04. The van der Waals surface area contributed by atoms with Crippen LogP contribution in [0.25, 0.3) is 22.5 Å². The number of pyridine rings is 1. The van der Waals surface area contributed by atoms with E-state index in [0.717, 1.165) is 91.3 Å². The summed E-state index contributed by atoms with van der Waals surface area (Å²) in [4.78, 5) is 21.4. The van der Waals surface area contributed by atoms with Gasteiger partial charge in [-0.2, -0.15) is 0 Å². The first kappa shape index (κ1) is 23.9. The molecule has 0 spiro atoms. The minimum atomic E-state index is 0.266. The first-order valence-corrected chi connectivity index (χ1v) is 13.6. The molecular weight excluding hydrogens is 464 g/mol. The van der Waals surface area contributed by atoms with E-state index < -0.39 is 0 Å². The molecule has 1 aromatic carbocycles. The number of aryl methyl sites for hydroxylation is 1. The quantitative estimate of drug-likeness (QED) is 0.380. The number of fused-ring (bicyclic) bond motifs is 1. The molecule has 1 amide bonds. The summed E-state index contributed by atoms with van der Waals surface area (Å²) in [7, 11) is 0. The maximum atomic E-state index is 12.9. The van der Waals surface area contributed by atoms with Gasteiger partial charge in [-0.25, -0.2) is 0 Å². The van der Waals surface area contributed by atoms with Crippen molar-refractivity contribution in [3.05, 3.63) is 65.7 Å². The number of rotatable bonds is 5. The van der Waals surface area contributed by atoms with Crippen LogP contribution in [0, 0.1) is 0 Å². The molecule has 0 saturated carbocycles. The van der Waals surface area contributed by atoms with Crippen molar-refractivity contribution in [3.63, 3.8) is 0 Å². The van der Waals surface area contributed by atoms with Gasteiger partial charge in [-0.1, -0.05) is 23.7 Å². The average Bonchev–Trinajstić information content (AvgIpc) is 3.58. The highest BCUT2D eigenvalue weighted by Crippen LogP contribution is 2.41. The minimum Gasteiger partial charge on any atom is -0.460 e. The van der Waals surface area contributed by atoms with Crippen LogP contribution in [0.2, 0.25) is 0 Å². The zero-order valence-electron chi connectivity index (χ0n) is 21.2. The highest BCUT2D eigenvalue weighted by atomic mass is 16.4. The molecule has 0 bridgehead atoms. The lowest BCUT2D eigenvalue weighted by atomic mass is 9.93. The molecule has 7 heteroatoms. The summed E-state index contributed by atoms with van der Waals surface area (Å²) in [6.45, 7) is 4.21. The zero-order chi connectivity index (χ0) is 25.2. The van der Waals surface area contributed by atoms with Gasteiger partial charge in [0.2, 0.25) is 5.91 Å². The minimum absolute atomic E-state index is 0.266. The normalized spacial score (nSPS) is 19.9. The molecule has 3 aliphatic rings. The Kier molecular flexibility index (Phi) is 6.79. The summed E-state index contributed by atoms with van der Waals surface area (Å²) in [5.74, 6) is 2.41. The molecular formula is C30H34N4O3. The van der Waals surface area contributed by atoms with Gasteiger partial charge in [-0.3, -0.25) is 14.7 Å². The molecule has 2 saturated heterocycles. The second-order valence-electron chi connectivity index (χ2n) is 10.5. The molecule has 7 nitrogen and oxygen atoms in total. The molecule has 2 aromatic heterocycles. The van der Waals surface area contributed by atoms with Crippen LogP contribution in [-0.4, -0.2) is 64.3 Å². The SMILES string of the molecule is O=C(CN1CCCCC1)N1CCC(c2cc(-c3ccncc3)c(-c3ccc4c(c3)CC/C4=N\O)o2)CC1. The Labute approximate surface area is 217 Å². The third-order valence-electron chi connectivity index (χ3n) is 8.23. The van der Waals surface area contributed by atoms with Gasteiger partial charge in [0.15, 0.2) is 0 Å². The molecule has 4 heterocycles. The number of benzene rings is 1. The fraction of sp³-hybridized carbons (Fsp3) is 0.433.